The molecule has 47 nitrogen and oxygen atoms in total. The highest BCUT2D eigenvalue weighted by molar-refractivity contribution is 8.00. The van der Waals surface area contributed by atoms with Crippen LogP contribution in [0.2, 0.25) is 0 Å². The average molecular weight is 1960 g/mol. The van der Waals surface area contributed by atoms with Gasteiger partial charge >= 0.3 is 41.8 Å². The second-order valence-corrected chi connectivity index (χ2v) is 33.5. The van der Waals surface area contributed by atoms with Gasteiger partial charge in [-0.05, 0) is 48.5 Å². The van der Waals surface area contributed by atoms with Crippen molar-refractivity contribution in [3.05, 3.63) is 169 Å². The molecule has 137 heavy (non-hydrogen) atoms. The molecule has 5 amide bonds. The minimum absolute atomic E-state index is 0.0757. The number of nitrogens with one attached hydrogen (secondary N) is 1. The Morgan fingerprint density at radius 1 is 0.365 bits per heavy atom. The lowest BCUT2D eigenvalue weighted by Gasteiger charge is -2.46. The Balaban J connectivity index is 0.000000224. The number of aromatic nitrogens is 12. The van der Waals surface area contributed by atoms with Crippen LogP contribution in [-0.4, -0.2) is 345 Å². The number of ether oxygens (including phenoxy) is 8. The molecule has 4 aromatic heterocycles. The number of carbonyl (C=O) groups is 12. The number of aliphatic hydroxyl groups excluding tert-OH is 8. The van der Waals surface area contributed by atoms with Gasteiger partial charge in [0.25, 0.3) is 23.6 Å². The Bertz CT molecular complexity index is 5540. The molecule has 0 radical (unpaired) electrons. The Morgan fingerprint density at radius 2 is 0.613 bits per heavy atom. The summed E-state index contributed by atoms with van der Waals surface area (Å²) in [7, 11) is 0. The fourth-order valence-corrected chi connectivity index (χ4v) is 17.3. The van der Waals surface area contributed by atoms with Gasteiger partial charge < -0.3 is 105 Å². The number of rotatable bonds is 37. The third-order valence-electron chi connectivity index (χ3n) is 21.6. The van der Waals surface area contributed by atoms with E-state index < -0.39 is 273 Å². The third-order valence-corrected chi connectivity index (χ3v) is 24.2. The van der Waals surface area contributed by atoms with Crippen molar-refractivity contribution < 1.29 is 169 Å². The van der Waals surface area contributed by atoms with E-state index in [4.69, 9.17) is 58.9 Å². The fourth-order valence-electron chi connectivity index (χ4n) is 14.7. The summed E-state index contributed by atoms with van der Waals surface area (Å²) in [6.07, 6.45) is -13.3. The van der Waals surface area contributed by atoms with Gasteiger partial charge in [0.1, 0.15) is 192 Å². The minimum atomic E-state index is -1.74. The van der Waals surface area contributed by atoms with Crippen molar-refractivity contribution in [1.29, 1.82) is 0 Å². The summed E-state index contributed by atoms with van der Waals surface area (Å²) in [4.78, 5) is 143. The number of halogens is 4. The molecule has 0 unspecified atom stereocenters. The van der Waals surface area contributed by atoms with E-state index >= 15 is 0 Å². The van der Waals surface area contributed by atoms with E-state index in [-0.39, 0.29) is 54.1 Å². The van der Waals surface area contributed by atoms with Crippen LogP contribution in [-0.2, 0) is 95.4 Å². The first kappa shape index (κ1) is 103. The highest BCUT2D eigenvalue weighted by atomic mass is 32.2. The molecule has 53 heteroatoms. The number of benzene rings is 4. The lowest BCUT2D eigenvalue weighted by Crippen LogP contribution is -2.58. The van der Waals surface area contributed by atoms with E-state index in [2.05, 4.69) is 46.6 Å². The number of hydrogen-bond acceptors (Lipinski definition) is 39. The van der Waals surface area contributed by atoms with E-state index in [0.717, 1.165) is 40.7 Å². The minimum Gasteiger partial charge on any atom is -0.481 e. The third kappa shape index (κ3) is 27.0. The summed E-state index contributed by atoms with van der Waals surface area (Å²) in [5.41, 5.74) is 1.05. The Morgan fingerprint density at radius 3 is 0.854 bits per heavy atom. The smallest absolute Gasteiger partial charge is 0.306 e. The topological polar surface area (TPSA) is 669 Å². The maximum atomic E-state index is 14.2. The normalized spacial score (nSPS) is 25.7. The van der Waals surface area contributed by atoms with E-state index in [0.29, 0.717) is 58.9 Å². The largest absolute Gasteiger partial charge is 0.481 e. The number of hydrogen-bond donors (Lipinski definition) is 13. The van der Waals surface area contributed by atoms with Crippen molar-refractivity contribution in [2.75, 3.05) is 52.6 Å². The van der Waals surface area contributed by atoms with Crippen LogP contribution in [0.15, 0.2) is 146 Å². The van der Waals surface area contributed by atoms with E-state index in [1.807, 2.05) is 0 Å². The molecule has 10 heterocycles. The van der Waals surface area contributed by atoms with Crippen LogP contribution in [0.5, 0.6) is 0 Å². The number of amides is 5. The lowest BCUT2D eigenvalue weighted by molar-refractivity contribution is -0.197. The summed E-state index contributed by atoms with van der Waals surface area (Å²) in [5, 5.41) is 156. The van der Waals surface area contributed by atoms with E-state index in [1.54, 1.807) is 24.3 Å². The summed E-state index contributed by atoms with van der Waals surface area (Å²) >= 11 is 1.29. The fraction of sp³-hybridized carbons (Fsp3) is 0.429. The predicted molar refractivity (Wildman–Crippen MR) is 453 cm³/mol. The van der Waals surface area contributed by atoms with Crippen molar-refractivity contribution in [3.63, 3.8) is 0 Å². The first-order valence-electron chi connectivity index (χ1n) is 41.9. The average Bonchev–Trinajstić information content (AvgIpc) is 1.74. The molecule has 14 rings (SSSR count). The molecule has 6 aliphatic rings. The summed E-state index contributed by atoms with van der Waals surface area (Å²) in [5.74, 6) is -12.0. The number of aliphatic hydroxyl groups is 8. The monoisotopic (exact) mass is 1960 g/mol. The van der Waals surface area contributed by atoms with Crippen molar-refractivity contribution >= 4 is 94.8 Å². The van der Waals surface area contributed by atoms with Gasteiger partial charge in [-0.2, -0.15) is 0 Å². The first-order chi connectivity index (χ1) is 65.5. The van der Waals surface area contributed by atoms with Crippen LogP contribution in [0.25, 0.3) is 45.0 Å². The highest BCUT2D eigenvalue weighted by Crippen LogP contribution is 2.46. The summed E-state index contributed by atoms with van der Waals surface area (Å²) in [6, 6.07) is 15.9. The van der Waals surface area contributed by atoms with Crippen LogP contribution in [0.1, 0.15) is 75.5 Å². The van der Waals surface area contributed by atoms with Crippen LogP contribution in [0, 0.1) is 23.3 Å². The number of esters is 4. The molecular weight excluding hydrogens is 1870 g/mol. The maximum Gasteiger partial charge on any atom is 0.306 e. The zero-order valence-electron chi connectivity index (χ0n) is 71.5. The van der Waals surface area contributed by atoms with Gasteiger partial charge in [0, 0.05) is 79.2 Å². The number of thioether (sulfide) groups is 2. The van der Waals surface area contributed by atoms with Gasteiger partial charge in [0.15, 0.2) is 0 Å². The molecule has 20 atom stereocenters. The molecule has 6 aliphatic heterocycles. The number of nitrogens with two attached hydrogens (primary N) is 1. The second-order valence-electron chi connectivity index (χ2n) is 31.1. The molecule has 8 aromatic rings. The van der Waals surface area contributed by atoms with Crippen molar-refractivity contribution in [2.45, 2.75) is 171 Å². The van der Waals surface area contributed by atoms with Crippen LogP contribution >= 0.6 is 23.5 Å². The number of aliphatic carboxylic acids is 3. The Kier molecular flexibility index (Phi) is 35.7. The van der Waals surface area contributed by atoms with Crippen LogP contribution in [0.3, 0.4) is 0 Å². The number of carboxylic acid groups (broad SMARTS) is 3. The SMILES string of the molecule is NCCN1C(=O)C=CC1=O.O=C(O)CCC(=O)OC[C@H]1O[C@@H](S[C@@H]2O[C@H](COC(=O)CCC(=O)NCCN3C(=O)C=CC3=O)[C@H](O)[C@H](n3cc(-c4cccc(F)c4)nn3)[C@H]2O)[C@H](O)[C@@H](n2cc(-c3cccc(F)c3)nn2)[C@H]1O.O=C(O)CCC(=O)OC[C@H]1O[C@@H](S[C@@H]2O[C@H](COC(=O)CCC(=O)O)[C@H](O)[C@H](n3cc(-c4cccc(F)c4)nn3)[C@H]2O)[C@H](O)[C@@H](n2cc(-c3cccc(F)c3)nn2)[C@H]1O. The van der Waals surface area contributed by atoms with Crippen molar-refractivity contribution in [2.24, 2.45) is 5.73 Å². The molecule has 4 fully saturated rings. The van der Waals surface area contributed by atoms with Crippen molar-refractivity contribution in [3.8, 4) is 45.0 Å². The number of carbonyl (C=O) groups excluding carboxylic acids is 9. The van der Waals surface area contributed by atoms with Crippen molar-refractivity contribution in [1.82, 2.24) is 75.1 Å². The number of imide groups is 2. The van der Waals surface area contributed by atoms with E-state index in [9.17, 15) is 116 Å². The van der Waals surface area contributed by atoms with Crippen LogP contribution < -0.4 is 11.1 Å². The predicted octanol–water partition coefficient (Wildman–Crippen LogP) is -0.760. The quantitative estimate of drug-likeness (QED) is 0.00985. The molecule has 732 valence electrons. The van der Waals surface area contributed by atoms with Gasteiger partial charge in [-0.1, -0.05) is 92.9 Å². The Hall–Kier alpha value is -13.1. The second kappa shape index (κ2) is 47.6. The number of nitrogens with zero attached hydrogens (tertiary/aromatic N) is 14. The van der Waals surface area contributed by atoms with Gasteiger partial charge in [-0.3, -0.25) is 67.3 Å². The molecule has 0 aliphatic carbocycles. The van der Waals surface area contributed by atoms with Crippen LogP contribution in [0.4, 0.5) is 17.6 Å². The molecule has 0 saturated carbocycles. The van der Waals surface area contributed by atoms with E-state index in [1.165, 1.54) is 110 Å². The highest BCUT2D eigenvalue weighted by Gasteiger charge is 2.55. The molecule has 0 bridgehead atoms. The van der Waals surface area contributed by atoms with Gasteiger partial charge in [0.05, 0.1) is 69.7 Å². The molecular formula is C84H90F4N16O31S2. The zero-order valence-corrected chi connectivity index (χ0v) is 73.1. The number of carboxylic acids is 3. The van der Waals surface area contributed by atoms with Gasteiger partial charge in [-0.25, -0.2) is 36.3 Å². The molecule has 0 spiro atoms. The molecule has 4 saturated heterocycles. The summed E-state index contributed by atoms with van der Waals surface area (Å²) in [6.45, 7) is -2.14. The Labute approximate surface area is 778 Å². The molecule has 4 aromatic carbocycles. The molecule has 14 N–H and O–H groups in total. The standard InChI is InChI=1S/C42H44F2N8O15S.C36H38F2N6O14S.C6H8N2O2/c43-23-5-1-3-21(15-23)25-17-51(48-46-25)35-37(60)27(19-64-33(58)11-7-29(53)45-13-14-50-30(54)8-9-31(50)55)66-41(39(35)62)68-42-40(63)36(38(61)28(67-42)20-65-34(59)12-10-32(56)57)52-18-26(47-49-52)22-4-2-6-24(44)16-22;37-19-5-1-3-17(11-19)21-13-43(41-39-21)29-31(51)23(15-55-27(49)9-7-25(45)46)57-35(33(29)53)59-36-34(54)30(32(52)24(58-36)16-56-28(50)10-8-26(47)48)44-14-22(40-42-44)18-4-2-6-20(38)12-18;7-3-4-8-5(9)1-2-6(8)10/h1-6,8-9,15-18,27-28,35-42,60-63H,7,10-14,19-20H2,(H,45,53)(H,56,57);1-6,11-14,23-24,29-36,51-54H,7-10,15-16H2,(H,45,46)(H,47,48);1-2H,3-4,7H2/t27-,28-,35+,36+,37+,38+,39-,40-,41+,42+;23-,24-,29+,30+,31+,32+,33-,34-,35+,36+;/m11./s1. The summed E-state index contributed by atoms with van der Waals surface area (Å²) < 4.78 is 106. The lowest BCUT2D eigenvalue weighted by atomic mass is 9.97. The maximum absolute atomic E-state index is 14.2. The zero-order chi connectivity index (χ0) is 98.6. The van der Waals surface area contributed by atoms with Gasteiger partial charge in [-0.15, -0.1) is 20.4 Å². The van der Waals surface area contributed by atoms with Gasteiger partial charge in [0.2, 0.25) is 5.91 Å². The first-order valence-corrected chi connectivity index (χ1v) is 43.8.